The van der Waals surface area contributed by atoms with Crippen LogP contribution in [0.25, 0.3) is 0 Å². The van der Waals surface area contributed by atoms with E-state index in [1.54, 1.807) is 0 Å². The molecule has 0 spiro atoms. The van der Waals surface area contributed by atoms with Crippen molar-refractivity contribution in [1.29, 1.82) is 0 Å². The maximum atomic E-state index is 10.2. The van der Waals surface area contributed by atoms with E-state index in [2.05, 4.69) is 0 Å². The highest BCUT2D eigenvalue weighted by molar-refractivity contribution is 8.13. The van der Waals surface area contributed by atoms with Crippen LogP contribution < -0.4 is 0 Å². The molecule has 9 heavy (non-hydrogen) atoms. The summed E-state index contributed by atoms with van der Waals surface area (Å²) in [5.74, 6) is 0.160. The number of hydrogen-bond acceptors (Lipinski definition) is 2. The number of halogens is 2. The van der Waals surface area contributed by atoms with Crippen molar-refractivity contribution in [3.05, 3.63) is 12.2 Å². The average Bonchev–Trinajstić information content (AvgIpc) is 1.63. The van der Waals surface area contributed by atoms with Gasteiger partial charge in [0.2, 0.25) is 9.05 Å². The Morgan fingerprint density at radius 3 is 2.22 bits per heavy atom. The summed E-state index contributed by atoms with van der Waals surface area (Å²) in [6, 6.07) is 0. The highest BCUT2D eigenvalue weighted by atomic mass is 35.7. The Morgan fingerprint density at radius 1 is 1.33 bits per heavy atom. The lowest BCUT2D eigenvalue weighted by Crippen LogP contribution is -1.91. The van der Waals surface area contributed by atoms with E-state index < -0.39 is 9.05 Å². The number of alkyl halides is 1. The molecule has 0 N–H and O–H groups in total. The lowest BCUT2D eigenvalue weighted by atomic mass is 10.6. The van der Waals surface area contributed by atoms with Gasteiger partial charge in [-0.1, -0.05) is 12.2 Å². The van der Waals surface area contributed by atoms with Crippen LogP contribution >= 0.6 is 22.3 Å². The number of allylic oxidation sites excluding steroid dienone is 1. The molecule has 0 aromatic rings. The first-order valence-corrected chi connectivity index (χ1v) is 5.21. The SMILES string of the molecule is O=S(=O)(Cl)CC=CCCl. The molecular weight excluding hydrogens is 183 g/mol. The van der Waals surface area contributed by atoms with Gasteiger partial charge in [0.05, 0.1) is 5.75 Å². The van der Waals surface area contributed by atoms with E-state index in [0.717, 1.165) is 0 Å². The molecule has 0 heterocycles. The predicted molar refractivity (Wildman–Crippen MR) is 39.5 cm³/mol. The van der Waals surface area contributed by atoms with Crippen molar-refractivity contribution in [1.82, 2.24) is 0 Å². The van der Waals surface area contributed by atoms with Crippen LogP contribution in [0.15, 0.2) is 12.2 Å². The maximum absolute atomic E-state index is 10.2. The van der Waals surface area contributed by atoms with Crippen molar-refractivity contribution < 1.29 is 8.42 Å². The normalized spacial score (nSPS) is 12.7. The zero-order valence-electron chi connectivity index (χ0n) is 4.55. The van der Waals surface area contributed by atoms with Crippen LogP contribution in [-0.4, -0.2) is 20.1 Å². The molecule has 0 saturated heterocycles. The lowest BCUT2D eigenvalue weighted by molar-refractivity contribution is 0.612. The van der Waals surface area contributed by atoms with E-state index in [1.165, 1.54) is 12.2 Å². The Kier molecular flexibility index (Phi) is 4.27. The molecule has 0 amide bonds. The van der Waals surface area contributed by atoms with E-state index >= 15 is 0 Å². The third-order valence-electron chi connectivity index (χ3n) is 0.551. The van der Waals surface area contributed by atoms with Crippen LogP contribution in [0.5, 0.6) is 0 Å². The Labute approximate surface area is 63.9 Å². The summed E-state index contributed by atoms with van der Waals surface area (Å²) in [4.78, 5) is 0. The number of hydrogen-bond donors (Lipinski definition) is 0. The molecule has 0 fully saturated rings. The summed E-state index contributed by atoms with van der Waals surface area (Å²) < 4.78 is 20.4. The standard InChI is InChI=1S/C4H6Cl2O2S/c5-3-1-2-4-9(6,7)8/h1-2H,3-4H2. The van der Waals surface area contributed by atoms with Crippen LogP contribution in [0, 0.1) is 0 Å². The summed E-state index contributed by atoms with van der Waals surface area (Å²) in [6.07, 6.45) is 2.94. The molecule has 0 aromatic heterocycles. The minimum atomic E-state index is -3.37. The van der Waals surface area contributed by atoms with Crippen LogP contribution in [0.4, 0.5) is 0 Å². The van der Waals surface area contributed by atoms with E-state index in [9.17, 15) is 8.42 Å². The lowest BCUT2D eigenvalue weighted by Gasteiger charge is -1.83. The van der Waals surface area contributed by atoms with Crippen molar-refractivity contribution in [3.63, 3.8) is 0 Å². The maximum Gasteiger partial charge on any atom is 0.236 e. The molecule has 0 aliphatic rings. The Morgan fingerprint density at radius 2 is 1.89 bits per heavy atom. The van der Waals surface area contributed by atoms with Crippen molar-refractivity contribution in [2.75, 3.05) is 11.6 Å². The molecule has 0 saturated carbocycles. The molecule has 0 aromatic carbocycles. The highest BCUT2D eigenvalue weighted by Crippen LogP contribution is 1.95. The first-order valence-electron chi connectivity index (χ1n) is 2.19. The molecule has 0 rings (SSSR count). The van der Waals surface area contributed by atoms with Gasteiger partial charge in [0.25, 0.3) is 0 Å². The van der Waals surface area contributed by atoms with Gasteiger partial charge in [-0.15, -0.1) is 11.6 Å². The summed E-state index contributed by atoms with van der Waals surface area (Å²) in [7, 11) is 1.48. The topological polar surface area (TPSA) is 34.1 Å². The zero-order valence-corrected chi connectivity index (χ0v) is 6.88. The van der Waals surface area contributed by atoms with Crippen molar-refractivity contribution >= 4 is 31.3 Å². The fourth-order valence-corrected chi connectivity index (χ4v) is 0.956. The Hall–Kier alpha value is 0.270. The zero-order chi connectivity index (χ0) is 7.33. The monoisotopic (exact) mass is 188 g/mol. The van der Waals surface area contributed by atoms with Gasteiger partial charge in [0.1, 0.15) is 0 Å². The van der Waals surface area contributed by atoms with Gasteiger partial charge in [-0.25, -0.2) is 8.42 Å². The summed E-state index contributed by atoms with van der Waals surface area (Å²) in [6.45, 7) is 0. The molecule has 0 aliphatic carbocycles. The van der Waals surface area contributed by atoms with Gasteiger partial charge >= 0.3 is 0 Å². The molecule has 0 unspecified atom stereocenters. The van der Waals surface area contributed by atoms with Crippen molar-refractivity contribution in [2.24, 2.45) is 0 Å². The second-order valence-corrected chi connectivity index (χ2v) is 4.46. The van der Waals surface area contributed by atoms with Crippen molar-refractivity contribution in [3.8, 4) is 0 Å². The molecular formula is C4H6Cl2O2S. The highest BCUT2D eigenvalue weighted by Gasteiger charge is 1.98. The fourth-order valence-electron chi connectivity index (χ4n) is 0.246. The van der Waals surface area contributed by atoms with Crippen molar-refractivity contribution in [2.45, 2.75) is 0 Å². The largest absolute Gasteiger partial charge is 0.236 e. The summed E-state index contributed by atoms with van der Waals surface area (Å²) in [5.41, 5.74) is 0. The molecule has 0 atom stereocenters. The van der Waals surface area contributed by atoms with Crippen LogP contribution in [0.3, 0.4) is 0 Å². The molecule has 5 heteroatoms. The van der Waals surface area contributed by atoms with E-state index in [4.69, 9.17) is 22.3 Å². The summed E-state index contributed by atoms with van der Waals surface area (Å²) >= 11 is 5.21. The van der Waals surface area contributed by atoms with Gasteiger partial charge in [-0.05, 0) is 0 Å². The van der Waals surface area contributed by atoms with E-state index in [-0.39, 0.29) is 5.75 Å². The smallest absolute Gasteiger partial charge is 0.212 e. The Bertz CT molecular complexity index is 183. The fraction of sp³-hybridized carbons (Fsp3) is 0.500. The molecule has 0 bridgehead atoms. The van der Waals surface area contributed by atoms with Crippen LogP contribution in [0.2, 0.25) is 0 Å². The quantitative estimate of drug-likeness (QED) is 0.381. The second kappa shape index (κ2) is 4.14. The molecule has 0 radical (unpaired) electrons. The third kappa shape index (κ3) is 8.27. The second-order valence-electron chi connectivity index (χ2n) is 1.33. The molecule has 0 aliphatic heterocycles. The van der Waals surface area contributed by atoms with Gasteiger partial charge in [-0.2, -0.15) is 0 Å². The Balaban J connectivity index is 3.65. The van der Waals surface area contributed by atoms with Gasteiger partial charge in [0, 0.05) is 16.6 Å². The van der Waals surface area contributed by atoms with Gasteiger partial charge in [-0.3, -0.25) is 0 Å². The first kappa shape index (κ1) is 9.27. The molecule has 54 valence electrons. The van der Waals surface area contributed by atoms with E-state index in [1.807, 2.05) is 0 Å². The van der Waals surface area contributed by atoms with E-state index in [0.29, 0.717) is 5.88 Å². The minimum Gasteiger partial charge on any atom is -0.212 e. The van der Waals surface area contributed by atoms with Crippen LogP contribution in [0.1, 0.15) is 0 Å². The third-order valence-corrected chi connectivity index (χ3v) is 1.70. The average molecular weight is 189 g/mol. The first-order chi connectivity index (χ1) is 4.06. The van der Waals surface area contributed by atoms with Gasteiger partial charge in [0.15, 0.2) is 0 Å². The van der Waals surface area contributed by atoms with Crippen LogP contribution in [-0.2, 0) is 9.05 Å². The molecule has 2 nitrogen and oxygen atoms in total. The summed E-state index contributed by atoms with van der Waals surface area (Å²) in [5, 5.41) is 0. The van der Waals surface area contributed by atoms with Gasteiger partial charge < -0.3 is 0 Å². The minimum absolute atomic E-state index is 0.152. The predicted octanol–water partition coefficient (Wildman–Crippen LogP) is 1.35. The number of rotatable bonds is 3.